The number of furan rings is 1. The third kappa shape index (κ3) is 4.17. The molecular weight excluding hydrogens is 452 g/mol. The van der Waals surface area contributed by atoms with Crippen LogP contribution >= 0.6 is 23.4 Å². The standard InChI is InChI=1S/C23H13ClN2O5S/c24-18-7-5-13(22(28)29)9-17(18)19-8-6-16(31-19)10-20-21(27)26(23(30)32-20)12-15-4-2-1-3-14(15)11-25/h1-10H,12H2,(H,28,29)/b20-10+. The maximum atomic E-state index is 12.8. The number of carbonyl (C=O) groups is 3. The van der Waals surface area contributed by atoms with Crippen molar-refractivity contribution in [3.63, 3.8) is 0 Å². The molecule has 0 aliphatic carbocycles. The van der Waals surface area contributed by atoms with E-state index in [1.54, 1.807) is 36.4 Å². The number of imide groups is 1. The van der Waals surface area contributed by atoms with E-state index < -0.39 is 17.1 Å². The van der Waals surface area contributed by atoms with Gasteiger partial charge in [0.1, 0.15) is 11.5 Å². The van der Waals surface area contributed by atoms with Gasteiger partial charge in [-0.15, -0.1) is 0 Å². The molecule has 1 aliphatic heterocycles. The molecule has 2 heterocycles. The van der Waals surface area contributed by atoms with E-state index in [1.807, 2.05) is 0 Å². The van der Waals surface area contributed by atoms with Crippen molar-refractivity contribution in [2.75, 3.05) is 0 Å². The Morgan fingerprint density at radius 1 is 1.19 bits per heavy atom. The van der Waals surface area contributed by atoms with E-state index in [2.05, 4.69) is 6.07 Å². The van der Waals surface area contributed by atoms with Crippen LogP contribution in [0, 0.1) is 11.3 Å². The molecule has 9 heteroatoms. The Morgan fingerprint density at radius 3 is 2.72 bits per heavy atom. The normalized spacial score (nSPS) is 14.8. The highest BCUT2D eigenvalue weighted by Gasteiger charge is 2.35. The van der Waals surface area contributed by atoms with Crippen LogP contribution in [0.25, 0.3) is 17.4 Å². The molecule has 4 rings (SSSR count). The molecule has 1 aliphatic rings. The second kappa shape index (κ2) is 8.75. The van der Waals surface area contributed by atoms with Gasteiger partial charge in [0, 0.05) is 11.6 Å². The monoisotopic (exact) mass is 464 g/mol. The van der Waals surface area contributed by atoms with E-state index in [9.17, 15) is 24.8 Å². The third-order valence-corrected chi connectivity index (χ3v) is 5.96. The molecule has 0 radical (unpaired) electrons. The summed E-state index contributed by atoms with van der Waals surface area (Å²) < 4.78 is 5.73. The number of carboxylic acid groups (broad SMARTS) is 1. The van der Waals surface area contributed by atoms with Gasteiger partial charge in [0.05, 0.1) is 33.7 Å². The van der Waals surface area contributed by atoms with E-state index in [4.69, 9.17) is 16.0 Å². The van der Waals surface area contributed by atoms with Gasteiger partial charge in [-0.25, -0.2) is 4.79 Å². The molecule has 0 spiro atoms. The lowest BCUT2D eigenvalue weighted by atomic mass is 10.1. The van der Waals surface area contributed by atoms with Crippen LogP contribution in [0.1, 0.15) is 27.2 Å². The van der Waals surface area contributed by atoms with Crippen molar-refractivity contribution in [3.05, 3.63) is 87.0 Å². The van der Waals surface area contributed by atoms with Crippen molar-refractivity contribution in [1.29, 1.82) is 5.26 Å². The molecule has 1 fully saturated rings. The molecule has 0 saturated carbocycles. The average Bonchev–Trinajstić information content (AvgIpc) is 3.34. The number of rotatable bonds is 5. The number of benzene rings is 2. The second-order valence-corrected chi connectivity index (χ2v) is 8.14. The first-order valence-electron chi connectivity index (χ1n) is 9.24. The minimum atomic E-state index is -1.10. The lowest BCUT2D eigenvalue weighted by Gasteiger charge is -2.13. The number of amides is 2. The molecule has 1 saturated heterocycles. The highest BCUT2D eigenvalue weighted by molar-refractivity contribution is 8.18. The van der Waals surface area contributed by atoms with Gasteiger partial charge in [-0.1, -0.05) is 29.8 Å². The number of hydrogen-bond acceptors (Lipinski definition) is 6. The summed E-state index contributed by atoms with van der Waals surface area (Å²) >= 11 is 6.95. The van der Waals surface area contributed by atoms with Gasteiger partial charge in [0.15, 0.2) is 0 Å². The Morgan fingerprint density at radius 2 is 1.97 bits per heavy atom. The Balaban J connectivity index is 1.58. The van der Waals surface area contributed by atoms with Crippen molar-refractivity contribution in [3.8, 4) is 17.4 Å². The Hall–Kier alpha value is -3.80. The second-order valence-electron chi connectivity index (χ2n) is 6.74. The van der Waals surface area contributed by atoms with Crippen LogP contribution in [-0.4, -0.2) is 27.1 Å². The number of nitriles is 1. The molecule has 3 aromatic rings. The van der Waals surface area contributed by atoms with Crippen molar-refractivity contribution >= 4 is 46.6 Å². The lowest BCUT2D eigenvalue weighted by Crippen LogP contribution is -2.27. The Kier molecular flexibility index (Phi) is 5.86. The van der Waals surface area contributed by atoms with Crippen molar-refractivity contribution in [2.24, 2.45) is 0 Å². The van der Waals surface area contributed by atoms with Gasteiger partial charge in [0.2, 0.25) is 0 Å². The summed E-state index contributed by atoms with van der Waals surface area (Å²) in [6.07, 6.45) is 1.44. The van der Waals surface area contributed by atoms with Crippen LogP contribution in [0.3, 0.4) is 0 Å². The molecule has 0 bridgehead atoms. The van der Waals surface area contributed by atoms with E-state index in [1.165, 1.54) is 24.3 Å². The summed E-state index contributed by atoms with van der Waals surface area (Å²) in [7, 11) is 0. The van der Waals surface area contributed by atoms with E-state index >= 15 is 0 Å². The molecular formula is C23H13ClN2O5S. The van der Waals surface area contributed by atoms with Crippen molar-refractivity contribution < 1.29 is 23.9 Å². The Labute approximate surface area is 191 Å². The average molecular weight is 465 g/mol. The maximum absolute atomic E-state index is 12.8. The summed E-state index contributed by atoms with van der Waals surface area (Å²) in [6, 6.07) is 16.3. The first-order chi connectivity index (χ1) is 15.4. The van der Waals surface area contributed by atoms with Gasteiger partial charge in [-0.3, -0.25) is 14.5 Å². The van der Waals surface area contributed by atoms with Gasteiger partial charge in [0.25, 0.3) is 11.1 Å². The predicted molar refractivity (Wildman–Crippen MR) is 119 cm³/mol. The van der Waals surface area contributed by atoms with Crippen LogP contribution in [-0.2, 0) is 11.3 Å². The zero-order chi connectivity index (χ0) is 22.8. The molecule has 0 atom stereocenters. The molecule has 2 amide bonds. The van der Waals surface area contributed by atoms with Crippen LogP contribution < -0.4 is 0 Å². The Bertz CT molecular complexity index is 1340. The first kappa shape index (κ1) is 21.4. The number of halogens is 1. The summed E-state index contributed by atoms with van der Waals surface area (Å²) in [4.78, 5) is 37.7. The quantitative estimate of drug-likeness (QED) is 0.502. The summed E-state index contributed by atoms with van der Waals surface area (Å²) in [6.45, 7) is -0.00721. The topological polar surface area (TPSA) is 112 Å². The summed E-state index contributed by atoms with van der Waals surface area (Å²) in [5, 5.41) is 18.3. The molecule has 32 heavy (non-hydrogen) atoms. The van der Waals surface area contributed by atoms with Crippen LogP contribution in [0.4, 0.5) is 4.79 Å². The minimum absolute atomic E-state index is 0.00721. The van der Waals surface area contributed by atoms with Crippen molar-refractivity contribution in [2.45, 2.75) is 6.54 Å². The van der Waals surface area contributed by atoms with E-state index in [-0.39, 0.29) is 17.0 Å². The summed E-state index contributed by atoms with van der Waals surface area (Å²) in [5.74, 6) is -0.954. The smallest absolute Gasteiger partial charge is 0.335 e. The molecule has 1 N–H and O–H groups in total. The SMILES string of the molecule is N#Cc1ccccc1CN1C(=O)S/C(=C/c2ccc(-c3cc(C(=O)O)ccc3Cl)o2)C1=O. The van der Waals surface area contributed by atoms with Gasteiger partial charge < -0.3 is 9.52 Å². The minimum Gasteiger partial charge on any atom is -0.478 e. The van der Waals surface area contributed by atoms with Crippen LogP contribution in [0.2, 0.25) is 5.02 Å². The molecule has 7 nitrogen and oxygen atoms in total. The van der Waals surface area contributed by atoms with Gasteiger partial charge >= 0.3 is 5.97 Å². The zero-order valence-electron chi connectivity index (χ0n) is 16.2. The van der Waals surface area contributed by atoms with Gasteiger partial charge in [-0.05, 0) is 53.7 Å². The number of hydrogen-bond donors (Lipinski definition) is 1. The number of carboxylic acids is 1. The molecule has 1 aromatic heterocycles. The largest absolute Gasteiger partial charge is 0.478 e. The fourth-order valence-electron chi connectivity index (χ4n) is 3.13. The maximum Gasteiger partial charge on any atom is 0.335 e. The summed E-state index contributed by atoms with van der Waals surface area (Å²) in [5.41, 5.74) is 1.42. The molecule has 0 unspecified atom stereocenters. The molecule has 2 aromatic carbocycles. The highest BCUT2D eigenvalue weighted by Crippen LogP contribution is 2.35. The van der Waals surface area contributed by atoms with E-state index in [0.29, 0.717) is 33.2 Å². The zero-order valence-corrected chi connectivity index (χ0v) is 17.8. The van der Waals surface area contributed by atoms with E-state index in [0.717, 1.165) is 16.7 Å². The number of thioether (sulfide) groups is 1. The fraction of sp³-hybridized carbons (Fsp3) is 0.0435. The number of aromatic carboxylic acids is 1. The predicted octanol–water partition coefficient (Wildman–Crippen LogP) is 5.41. The third-order valence-electron chi connectivity index (χ3n) is 4.72. The van der Waals surface area contributed by atoms with Crippen molar-refractivity contribution in [1.82, 2.24) is 4.90 Å². The number of nitrogens with zero attached hydrogens (tertiary/aromatic N) is 2. The van der Waals surface area contributed by atoms with Crippen LogP contribution in [0.5, 0.6) is 0 Å². The molecule has 158 valence electrons. The fourth-order valence-corrected chi connectivity index (χ4v) is 4.15. The number of carbonyl (C=O) groups excluding carboxylic acids is 2. The first-order valence-corrected chi connectivity index (χ1v) is 10.4. The van der Waals surface area contributed by atoms with Gasteiger partial charge in [-0.2, -0.15) is 5.26 Å². The van der Waals surface area contributed by atoms with Crippen LogP contribution in [0.15, 0.2) is 63.9 Å². The highest BCUT2D eigenvalue weighted by atomic mass is 35.5. The lowest BCUT2D eigenvalue weighted by molar-refractivity contribution is -0.123.